The largest absolute Gasteiger partial charge is 0.490 e. The molecule has 1 unspecified atom stereocenters. The zero-order valence-electron chi connectivity index (χ0n) is 12.2. The summed E-state index contributed by atoms with van der Waals surface area (Å²) in [5, 5.41) is 0. The van der Waals surface area contributed by atoms with Crippen molar-refractivity contribution in [2.75, 3.05) is 13.2 Å². The maximum absolute atomic E-state index is 5.98. The highest BCUT2D eigenvalue weighted by atomic mass is 16.5. The molecule has 1 atom stereocenters. The van der Waals surface area contributed by atoms with Crippen LogP contribution in [0.15, 0.2) is 30.4 Å². The van der Waals surface area contributed by atoms with Crippen molar-refractivity contribution in [2.45, 2.75) is 39.7 Å². The molecule has 0 aromatic heterocycles. The lowest BCUT2D eigenvalue weighted by atomic mass is 10.0. The lowest BCUT2D eigenvalue weighted by molar-refractivity contribution is 0.296. The second kappa shape index (κ2) is 8.59. The summed E-state index contributed by atoms with van der Waals surface area (Å²) in [6, 6.07) is 6.25. The predicted molar refractivity (Wildman–Crippen MR) is 79.9 cm³/mol. The SMILES string of the molecule is C/C=C/COc1ccc(CC(N)CC)cc1OCC. The second-order valence-corrected chi connectivity index (χ2v) is 4.47. The first kappa shape index (κ1) is 15.6. The minimum Gasteiger partial charge on any atom is -0.490 e. The van der Waals surface area contributed by atoms with Crippen LogP contribution >= 0.6 is 0 Å². The van der Waals surface area contributed by atoms with Crippen LogP contribution in [0.2, 0.25) is 0 Å². The van der Waals surface area contributed by atoms with Crippen molar-refractivity contribution in [3.63, 3.8) is 0 Å². The number of ether oxygens (including phenoxy) is 2. The number of benzene rings is 1. The second-order valence-electron chi connectivity index (χ2n) is 4.47. The van der Waals surface area contributed by atoms with Gasteiger partial charge in [0.1, 0.15) is 6.61 Å². The van der Waals surface area contributed by atoms with Gasteiger partial charge in [0.2, 0.25) is 0 Å². The summed E-state index contributed by atoms with van der Waals surface area (Å²) in [5.74, 6) is 1.58. The minimum atomic E-state index is 0.198. The molecule has 0 aliphatic carbocycles. The quantitative estimate of drug-likeness (QED) is 0.732. The first-order chi connectivity index (χ1) is 9.21. The van der Waals surface area contributed by atoms with Crippen LogP contribution in [0.25, 0.3) is 0 Å². The van der Waals surface area contributed by atoms with E-state index in [0.717, 1.165) is 24.3 Å². The van der Waals surface area contributed by atoms with Crippen LogP contribution in [0.5, 0.6) is 11.5 Å². The highest BCUT2D eigenvalue weighted by Crippen LogP contribution is 2.29. The molecule has 1 aromatic carbocycles. The smallest absolute Gasteiger partial charge is 0.161 e. The number of hydrogen-bond donors (Lipinski definition) is 1. The molecule has 19 heavy (non-hydrogen) atoms. The third-order valence-electron chi connectivity index (χ3n) is 2.90. The van der Waals surface area contributed by atoms with Crippen molar-refractivity contribution < 1.29 is 9.47 Å². The van der Waals surface area contributed by atoms with E-state index in [0.29, 0.717) is 13.2 Å². The Bertz CT molecular complexity index is 402. The molecule has 0 bridgehead atoms. The van der Waals surface area contributed by atoms with E-state index in [9.17, 15) is 0 Å². The Hall–Kier alpha value is -1.48. The fraction of sp³-hybridized carbons (Fsp3) is 0.500. The fourth-order valence-corrected chi connectivity index (χ4v) is 1.75. The van der Waals surface area contributed by atoms with Crippen LogP contribution in [0.4, 0.5) is 0 Å². The summed E-state index contributed by atoms with van der Waals surface area (Å²) >= 11 is 0. The van der Waals surface area contributed by atoms with Gasteiger partial charge in [-0.3, -0.25) is 0 Å². The molecule has 2 N–H and O–H groups in total. The van der Waals surface area contributed by atoms with Gasteiger partial charge in [-0.2, -0.15) is 0 Å². The third-order valence-corrected chi connectivity index (χ3v) is 2.90. The van der Waals surface area contributed by atoms with Crippen LogP contribution in [-0.2, 0) is 6.42 Å². The molecule has 3 nitrogen and oxygen atoms in total. The Labute approximate surface area is 116 Å². The van der Waals surface area contributed by atoms with E-state index >= 15 is 0 Å². The predicted octanol–water partition coefficient (Wildman–Crippen LogP) is 3.32. The van der Waals surface area contributed by atoms with E-state index < -0.39 is 0 Å². The van der Waals surface area contributed by atoms with Crippen LogP contribution in [0.3, 0.4) is 0 Å². The van der Waals surface area contributed by atoms with E-state index in [4.69, 9.17) is 15.2 Å². The van der Waals surface area contributed by atoms with Gasteiger partial charge in [0.05, 0.1) is 6.61 Å². The normalized spacial score (nSPS) is 12.6. The molecule has 1 aromatic rings. The molecule has 0 amide bonds. The summed E-state index contributed by atoms with van der Waals surface area (Å²) in [6.45, 7) is 7.23. The summed E-state index contributed by atoms with van der Waals surface area (Å²) in [7, 11) is 0. The zero-order valence-corrected chi connectivity index (χ0v) is 12.2. The van der Waals surface area contributed by atoms with Crippen LogP contribution in [0, 0.1) is 0 Å². The van der Waals surface area contributed by atoms with Gasteiger partial charge in [0, 0.05) is 6.04 Å². The molecule has 0 aliphatic rings. The van der Waals surface area contributed by atoms with Gasteiger partial charge in [0.25, 0.3) is 0 Å². The van der Waals surface area contributed by atoms with Gasteiger partial charge in [-0.05, 0) is 44.4 Å². The van der Waals surface area contributed by atoms with Gasteiger partial charge in [-0.25, -0.2) is 0 Å². The number of nitrogens with two attached hydrogens (primary N) is 1. The molecule has 0 saturated carbocycles. The first-order valence-corrected chi connectivity index (χ1v) is 6.96. The summed E-state index contributed by atoms with van der Waals surface area (Å²) in [5.41, 5.74) is 7.18. The summed E-state index contributed by atoms with van der Waals surface area (Å²) in [6.07, 6.45) is 5.78. The summed E-state index contributed by atoms with van der Waals surface area (Å²) in [4.78, 5) is 0. The van der Waals surface area contributed by atoms with E-state index in [2.05, 4.69) is 13.0 Å². The highest BCUT2D eigenvalue weighted by molar-refractivity contribution is 5.43. The standard InChI is InChI=1S/C16H25NO2/c1-4-7-10-19-15-9-8-13(11-14(17)5-2)12-16(15)18-6-3/h4,7-9,12,14H,5-6,10-11,17H2,1-3H3/b7-4+. The number of allylic oxidation sites excluding steroid dienone is 1. The van der Waals surface area contributed by atoms with Gasteiger partial charge in [-0.1, -0.05) is 25.1 Å². The zero-order chi connectivity index (χ0) is 14.1. The molecule has 0 spiro atoms. The Morgan fingerprint density at radius 1 is 1.21 bits per heavy atom. The van der Waals surface area contributed by atoms with E-state index in [1.54, 1.807) is 0 Å². The lowest BCUT2D eigenvalue weighted by Gasteiger charge is -2.14. The lowest BCUT2D eigenvalue weighted by Crippen LogP contribution is -2.21. The Balaban J connectivity index is 2.80. The van der Waals surface area contributed by atoms with Crippen molar-refractivity contribution in [1.29, 1.82) is 0 Å². The van der Waals surface area contributed by atoms with Gasteiger partial charge in [0.15, 0.2) is 11.5 Å². The molecular weight excluding hydrogens is 238 g/mol. The van der Waals surface area contributed by atoms with Crippen molar-refractivity contribution >= 4 is 0 Å². The van der Waals surface area contributed by atoms with Crippen LogP contribution in [-0.4, -0.2) is 19.3 Å². The monoisotopic (exact) mass is 263 g/mol. The molecule has 0 saturated heterocycles. The molecule has 0 heterocycles. The molecule has 1 rings (SSSR count). The Morgan fingerprint density at radius 3 is 2.63 bits per heavy atom. The molecule has 106 valence electrons. The summed E-state index contributed by atoms with van der Waals surface area (Å²) < 4.78 is 11.3. The maximum atomic E-state index is 5.98. The Morgan fingerprint density at radius 2 is 2.00 bits per heavy atom. The number of rotatable bonds is 8. The molecular formula is C16H25NO2. The fourth-order valence-electron chi connectivity index (χ4n) is 1.75. The maximum Gasteiger partial charge on any atom is 0.161 e. The topological polar surface area (TPSA) is 44.5 Å². The van der Waals surface area contributed by atoms with Crippen LogP contribution in [0.1, 0.15) is 32.8 Å². The average molecular weight is 263 g/mol. The highest BCUT2D eigenvalue weighted by Gasteiger charge is 2.08. The molecule has 3 heteroatoms. The van der Waals surface area contributed by atoms with Gasteiger partial charge < -0.3 is 15.2 Å². The third kappa shape index (κ3) is 5.35. The van der Waals surface area contributed by atoms with E-state index in [-0.39, 0.29) is 6.04 Å². The molecule has 0 fully saturated rings. The number of hydrogen-bond acceptors (Lipinski definition) is 3. The minimum absolute atomic E-state index is 0.198. The molecule has 0 aliphatic heterocycles. The van der Waals surface area contributed by atoms with Crippen LogP contribution < -0.4 is 15.2 Å². The van der Waals surface area contributed by atoms with Crippen molar-refractivity contribution in [3.8, 4) is 11.5 Å². The van der Waals surface area contributed by atoms with E-state index in [1.807, 2.05) is 38.1 Å². The van der Waals surface area contributed by atoms with Crippen molar-refractivity contribution in [2.24, 2.45) is 5.73 Å². The van der Waals surface area contributed by atoms with Crippen molar-refractivity contribution in [1.82, 2.24) is 0 Å². The van der Waals surface area contributed by atoms with Crippen molar-refractivity contribution in [3.05, 3.63) is 35.9 Å². The van der Waals surface area contributed by atoms with Gasteiger partial charge >= 0.3 is 0 Å². The molecule has 0 radical (unpaired) electrons. The first-order valence-electron chi connectivity index (χ1n) is 6.96. The average Bonchev–Trinajstić information content (AvgIpc) is 2.41. The van der Waals surface area contributed by atoms with E-state index in [1.165, 1.54) is 5.56 Å². The van der Waals surface area contributed by atoms with Gasteiger partial charge in [-0.15, -0.1) is 0 Å². The Kier molecular flexibility index (Phi) is 7.04.